The van der Waals surface area contributed by atoms with E-state index < -0.39 is 0 Å². The van der Waals surface area contributed by atoms with Crippen LogP contribution in [-0.4, -0.2) is 35.1 Å². The standard InChI is InChI=1S/C13H17BrClN3/c1-9(15)13-16-11-8-10(14)4-5-12(11)18(13)7-6-17(2)3/h4-5,8-9H,6-7H2,1-3H3. The van der Waals surface area contributed by atoms with Gasteiger partial charge in [-0.05, 0) is 39.2 Å². The minimum atomic E-state index is -0.0849. The highest BCUT2D eigenvalue weighted by molar-refractivity contribution is 9.10. The van der Waals surface area contributed by atoms with Crippen LogP contribution in [-0.2, 0) is 6.54 Å². The molecule has 0 saturated heterocycles. The van der Waals surface area contributed by atoms with E-state index in [1.54, 1.807) is 0 Å². The second-order valence-corrected chi connectivity index (χ2v) is 6.24. The Balaban J connectivity index is 2.48. The van der Waals surface area contributed by atoms with Crippen molar-refractivity contribution >= 4 is 38.6 Å². The Kier molecular flexibility index (Phi) is 4.30. The van der Waals surface area contributed by atoms with Gasteiger partial charge in [-0.2, -0.15) is 0 Å². The van der Waals surface area contributed by atoms with Gasteiger partial charge in [0.05, 0.1) is 16.4 Å². The molecule has 0 aliphatic heterocycles. The molecule has 3 nitrogen and oxygen atoms in total. The molecule has 5 heteroatoms. The van der Waals surface area contributed by atoms with Crippen LogP contribution in [0.1, 0.15) is 18.1 Å². The zero-order valence-corrected chi connectivity index (χ0v) is 13.2. The molecule has 1 atom stereocenters. The summed E-state index contributed by atoms with van der Waals surface area (Å²) in [6.45, 7) is 3.83. The van der Waals surface area contributed by atoms with Crippen molar-refractivity contribution in [3.63, 3.8) is 0 Å². The summed E-state index contributed by atoms with van der Waals surface area (Å²) in [4.78, 5) is 6.79. The quantitative estimate of drug-likeness (QED) is 0.798. The number of benzene rings is 1. The summed E-state index contributed by atoms with van der Waals surface area (Å²) in [7, 11) is 4.14. The molecule has 0 radical (unpaired) electrons. The van der Waals surface area contributed by atoms with Crippen LogP contribution < -0.4 is 0 Å². The smallest absolute Gasteiger partial charge is 0.127 e. The fourth-order valence-electron chi connectivity index (χ4n) is 1.96. The molecule has 1 aromatic carbocycles. The van der Waals surface area contributed by atoms with Gasteiger partial charge in [-0.15, -0.1) is 11.6 Å². The Morgan fingerprint density at radius 1 is 1.44 bits per heavy atom. The van der Waals surface area contributed by atoms with Gasteiger partial charge in [0.25, 0.3) is 0 Å². The van der Waals surface area contributed by atoms with Crippen molar-refractivity contribution < 1.29 is 0 Å². The maximum atomic E-state index is 6.23. The van der Waals surface area contributed by atoms with Gasteiger partial charge in [0, 0.05) is 17.6 Å². The molecular formula is C13H17BrClN3. The molecule has 18 heavy (non-hydrogen) atoms. The summed E-state index contributed by atoms with van der Waals surface area (Å²) < 4.78 is 3.25. The van der Waals surface area contributed by atoms with Crippen LogP contribution in [0, 0.1) is 0 Å². The number of nitrogens with zero attached hydrogens (tertiary/aromatic N) is 3. The lowest BCUT2D eigenvalue weighted by Gasteiger charge is -2.14. The maximum Gasteiger partial charge on any atom is 0.127 e. The fourth-order valence-corrected chi connectivity index (χ4v) is 2.48. The van der Waals surface area contributed by atoms with Gasteiger partial charge in [0.1, 0.15) is 5.82 Å². The molecule has 0 aliphatic rings. The van der Waals surface area contributed by atoms with E-state index >= 15 is 0 Å². The summed E-state index contributed by atoms with van der Waals surface area (Å²) >= 11 is 9.70. The van der Waals surface area contributed by atoms with E-state index in [-0.39, 0.29) is 5.38 Å². The predicted molar refractivity (Wildman–Crippen MR) is 80.3 cm³/mol. The van der Waals surface area contributed by atoms with E-state index in [4.69, 9.17) is 11.6 Å². The first-order valence-corrected chi connectivity index (χ1v) is 7.16. The van der Waals surface area contributed by atoms with Crippen molar-refractivity contribution in [2.45, 2.75) is 18.8 Å². The van der Waals surface area contributed by atoms with Crippen LogP contribution in [0.25, 0.3) is 11.0 Å². The first-order chi connectivity index (χ1) is 8.49. The van der Waals surface area contributed by atoms with Gasteiger partial charge >= 0.3 is 0 Å². The van der Waals surface area contributed by atoms with Gasteiger partial charge < -0.3 is 9.47 Å². The molecule has 1 aromatic heterocycles. The number of halogens is 2. The Hall–Kier alpha value is -0.580. The lowest BCUT2D eigenvalue weighted by atomic mass is 10.3. The van der Waals surface area contributed by atoms with E-state index in [2.05, 4.69) is 50.5 Å². The fraction of sp³-hybridized carbons (Fsp3) is 0.462. The van der Waals surface area contributed by atoms with Crippen molar-refractivity contribution in [2.24, 2.45) is 0 Å². The number of aromatic nitrogens is 2. The summed E-state index contributed by atoms with van der Waals surface area (Å²) in [5.74, 6) is 0.937. The van der Waals surface area contributed by atoms with Crippen molar-refractivity contribution in [1.82, 2.24) is 14.5 Å². The van der Waals surface area contributed by atoms with Crippen LogP contribution in [0.15, 0.2) is 22.7 Å². The molecule has 0 saturated carbocycles. The molecule has 0 aliphatic carbocycles. The van der Waals surface area contributed by atoms with Gasteiger partial charge in [-0.1, -0.05) is 15.9 Å². The average Bonchev–Trinajstić information content (AvgIpc) is 2.64. The molecule has 1 heterocycles. The lowest BCUT2D eigenvalue weighted by Crippen LogP contribution is -2.19. The third kappa shape index (κ3) is 2.87. The summed E-state index contributed by atoms with van der Waals surface area (Å²) in [5.41, 5.74) is 2.13. The monoisotopic (exact) mass is 329 g/mol. The molecule has 2 aromatic rings. The van der Waals surface area contributed by atoms with Crippen LogP contribution in [0.3, 0.4) is 0 Å². The van der Waals surface area contributed by atoms with E-state index in [0.717, 1.165) is 34.4 Å². The molecule has 2 rings (SSSR count). The number of rotatable bonds is 4. The van der Waals surface area contributed by atoms with Crippen LogP contribution in [0.4, 0.5) is 0 Å². The highest BCUT2D eigenvalue weighted by Gasteiger charge is 2.14. The minimum absolute atomic E-state index is 0.0849. The van der Waals surface area contributed by atoms with E-state index in [1.165, 1.54) is 0 Å². The van der Waals surface area contributed by atoms with E-state index in [9.17, 15) is 0 Å². The second-order valence-electron chi connectivity index (χ2n) is 4.67. The Morgan fingerprint density at radius 2 is 2.17 bits per heavy atom. The van der Waals surface area contributed by atoms with Crippen molar-refractivity contribution in [3.05, 3.63) is 28.5 Å². The average molecular weight is 331 g/mol. The Bertz CT molecular complexity index is 548. The Morgan fingerprint density at radius 3 is 2.78 bits per heavy atom. The molecule has 0 bridgehead atoms. The van der Waals surface area contributed by atoms with Crippen molar-refractivity contribution in [1.29, 1.82) is 0 Å². The second kappa shape index (κ2) is 5.59. The number of fused-ring (bicyclic) bond motifs is 1. The number of imidazole rings is 1. The first kappa shape index (κ1) is 13.8. The van der Waals surface area contributed by atoms with Crippen molar-refractivity contribution in [2.75, 3.05) is 20.6 Å². The third-order valence-electron chi connectivity index (χ3n) is 2.87. The minimum Gasteiger partial charge on any atom is -0.325 e. The van der Waals surface area contributed by atoms with Gasteiger partial charge in [-0.3, -0.25) is 0 Å². The lowest BCUT2D eigenvalue weighted by molar-refractivity contribution is 0.383. The Labute approximate surface area is 121 Å². The van der Waals surface area contributed by atoms with Crippen molar-refractivity contribution in [3.8, 4) is 0 Å². The number of alkyl halides is 1. The third-order valence-corrected chi connectivity index (χ3v) is 3.55. The number of hydrogen-bond donors (Lipinski definition) is 0. The normalized spacial score (nSPS) is 13.4. The summed E-state index contributed by atoms with van der Waals surface area (Å²) in [6.07, 6.45) is 0. The van der Waals surface area contributed by atoms with Gasteiger partial charge in [-0.25, -0.2) is 4.98 Å². The summed E-state index contributed by atoms with van der Waals surface area (Å²) in [6, 6.07) is 6.16. The number of likely N-dealkylation sites (N-methyl/N-ethyl adjacent to an activating group) is 1. The van der Waals surface area contributed by atoms with Crippen LogP contribution in [0.2, 0.25) is 0 Å². The zero-order chi connectivity index (χ0) is 13.3. The van der Waals surface area contributed by atoms with E-state index in [1.807, 2.05) is 19.1 Å². The molecule has 98 valence electrons. The zero-order valence-electron chi connectivity index (χ0n) is 10.8. The topological polar surface area (TPSA) is 21.1 Å². The van der Waals surface area contributed by atoms with E-state index in [0.29, 0.717) is 0 Å². The number of hydrogen-bond acceptors (Lipinski definition) is 2. The maximum absolute atomic E-state index is 6.23. The van der Waals surface area contributed by atoms with Crippen LogP contribution in [0.5, 0.6) is 0 Å². The molecular weight excluding hydrogens is 314 g/mol. The molecule has 0 fully saturated rings. The van der Waals surface area contributed by atoms with Gasteiger partial charge in [0.15, 0.2) is 0 Å². The molecule has 0 spiro atoms. The molecule has 1 unspecified atom stereocenters. The highest BCUT2D eigenvalue weighted by atomic mass is 79.9. The SMILES string of the molecule is CC(Cl)c1nc2cc(Br)ccc2n1CCN(C)C. The summed E-state index contributed by atoms with van der Waals surface area (Å²) in [5, 5.41) is -0.0849. The first-order valence-electron chi connectivity index (χ1n) is 5.93. The predicted octanol–water partition coefficient (Wildman–Crippen LogP) is 3.66. The molecule has 0 N–H and O–H groups in total. The van der Waals surface area contributed by atoms with Crippen LogP contribution >= 0.6 is 27.5 Å². The molecule has 0 amide bonds. The van der Waals surface area contributed by atoms with Gasteiger partial charge in [0.2, 0.25) is 0 Å². The largest absolute Gasteiger partial charge is 0.325 e. The highest BCUT2D eigenvalue weighted by Crippen LogP contribution is 2.26.